The van der Waals surface area contributed by atoms with Crippen molar-refractivity contribution in [2.45, 2.75) is 19.6 Å². The van der Waals surface area contributed by atoms with Gasteiger partial charge in [0.15, 0.2) is 12.3 Å². The Hall–Kier alpha value is -3.01. The minimum Gasteiger partial charge on any atom is -0.483 e. The van der Waals surface area contributed by atoms with Crippen LogP contribution >= 0.6 is 0 Å². The number of halogens is 2. The van der Waals surface area contributed by atoms with Gasteiger partial charge in [0.2, 0.25) is 11.9 Å². The molecule has 2 aromatic heterocycles. The van der Waals surface area contributed by atoms with Gasteiger partial charge in [0.1, 0.15) is 18.1 Å². The average Bonchev–Trinajstić information content (AvgIpc) is 3.11. The number of hydrogen-bond acceptors (Lipinski definition) is 5. The molecular weight excluding hydrogens is 427 g/mol. The number of aromatic amines is 1. The van der Waals surface area contributed by atoms with Gasteiger partial charge in [0, 0.05) is 23.4 Å². The molecule has 0 amide bonds. The van der Waals surface area contributed by atoms with Gasteiger partial charge >= 0.3 is 0 Å². The highest BCUT2D eigenvalue weighted by atomic mass is 35.7. The van der Waals surface area contributed by atoms with E-state index in [4.69, 9.17) is 23.4 Å². The fourth-order valence-electron chi connectivity index (χ4n) is 3.68. The van der Waals surface area contributed by atoms with E-state index in [2.05, 4.69) is 39.9 Å². The average molecular weight is 445 g/mol. The van der Waals surface area contributed by atoms with Crippen molar-refractivity contribution in [1.29, 1.82) is 0 Å². The zero-order valence-electron chi connectivity index (χ0n) is 16.2. The van der Waals surface area contributed by atoms with Gasteiger partial charge in [0.05, 0.1) is 0 Å². The van der Waals surface area contributed by atoms with Crippen molar-refractivity contribution in [3.05, 3.63) is 83.8 Å². The fourth-order valence-corrected chi connectivity index (χ4v) is 3.68. The van der Waals surface area contributed by atoms with E-state index >= 15 is 0 Å². The highest BCUT2D eigenvalue weighted by molar-refractivity contribution is 5.90. The van der Waals surface area contributed by atoms with E-state index in [0.717, 1.165) is 24.3 Å². The Kier molecular flexibility index (Phi) is 5.90. The van der Waals surface area contributed by atoms with Crippen molar-refractivity contribution in [3.8, 4) is 17.1 Å². The van der Waals surface area contributed by atoms with Crippen molar-refractivity contribution >= 4 is 10.9 Å². The van der Waals surface area contributed by atoms with Gasteiger partial charge < -0.3 is 9.72 Å². The molecule has 0 bridgehead atoms. The number of hydrogen-bond donors (Lipinski definition) is 1. The topological polar surface area (TPSA) is 121 Å². The first-order chi connectivity index (χ1) is 14.8. The lowest BCUT2D eigenvalue weighted by Crippen LogP contribution is -2.68. The van der Waals surface area contributed by atoms with Crippen LogP contribution in [0.25, 0.3) is 22.3 Å². The van der Waals surface area contributed by atoms with Crippen molar-refractivity contribution in [3.63, 3.8) is 0 Å². The van der Waals surface area contributed by atoms with E-state index in [0.29, 0.717) is 6.61 Å². The van der Waals surface area contributed by atoms with Crippen LogP contribution in [-0.2, 0) is 19.6 Å². The molecule has 0 atom stereocenters. The fraction of sp³-hybridized carbons (Fsp3) is 0.136. The molecule has 1 aliphatic heterocycles. The molecule has 4 aromatic rings. The molecule has 9 heteroatoms. The molecule has 0 unspecified atom stereocenters. The van der Waals surface area contributed by atoms with E-state index in [-0.39, 0.29) is 5.82 Å². The number of aryl methyl sites for hydroxylation is 2. The van der Waals surface area contributed by atoms with Crippen LogP contribution < -0.4 is 27.9 Å². The summed E-state index contributed by atoms with van der Waals surface area (Å²) in [6.07, 6.45) is 3.05. The maximum atomic E-state index is 13.0. The first-order valence-corrected chi connectivity index (χ1v) is 10.6. The third-order valence-corrected chi connectivity index (χ3v) is 4.99. The van der Waals surface area contributed by atoms with Crippen molar-refractivity contribution < 1.29 is 42.6 Å². The van der Waals surface area contributed by atoms with Gasteiger partial charge in [-0.05, 0) is 35.4 Å². The number of aromatic nitrogens is 2. The van der Waals surface area contributed by atoms with Gasteiger partial charge in [-0.3, -0.25) is 0 Å². The normalized spacial score (nSPS) is 12.5. The third-order valence-electron chi connectivity index (χ3n) is 4.99. The quantitative estimate of drug-likeness (QED) is 0.432. The minimum atomic E-state index is -4.94. The summed E-state index contributed by atoms with van der Waals surface area (Å²) in [4.78, 5) is 3.56. The number of nitrogens with zero attached hydrogens (tertiary/aromatic N) is 1. The summed E-state index contributed by atoms with van der Waals surface area (Å²) >= 11 is 0. The Balaban J connectivity index is 0.000000418. The SMILES string of the molecule is Fc1ccc(COc2ccc3[n+](c2)CCc2c-3[nH]c3ccccc23)cc1.[O-][Cl+3]([O-])([O-])[O-]. The Morgan fingerprint density at radius 3 is 2.42 bits per heavy atom. The van der Waals surface area contributed by atoms with Crippen molar-refractivity contribution in [1.82, 2.24) is 4.98 Å². The molecule has 1 N–H and O–H groups in total. The Morgan fingerprint density at radius 2 is 1.68 bits per heavy atom. The van der Waals surface area contributed by atoms with Crippen LogP contribution in [0.4, 0.5) is 4.39 Å². The molecule has 1 aliphatic rings. The van der Waals surface area contributed by atoms with Gasteiger partial charge in [0.25, 0.3) is 0 Å². The van der Waals surface area contributed by atoms with Crippen LogP contribution in [0.15, 0.2) is 66.9 Å². The maximum Gasteiger partial charge on any atom is 0.229 e. The molecule has 31 heavy (non-hydrogen) atoms. The molecule has 0 saturated heterocycles. The van der Waals surface area contributed by atoms with E-state index < -0.39 is 10.2 Å². The smallest absolute Gasteiger partial charge is 0.229 e. The van der Waals surface area contributed by atoms with Crippen LogP contribution in [-0.4, -0.2) is 4.98 Å². The van der Waals surface area contributed by atoms with Crippen LogP contribution in [0, 0.1) is 16.1 Å². The number of H-pyrrole nitrogens is 1. The highest BCUT2D eigenvalue weighted by Gasteiger charge is 2.26. The lowest BCUT2D eigenvalue weighted by atomic mass is 10.0. The van der Waals surface area contributed by atoms with E-state index in [1.54, 1.807) is 12.1 Å². The molecule has 5 rings (SSSR count). The summed E-state index contributed by atoms with van der Waals surface area (Å²) in [7, 11) is -4.94. The number of pyridine rings is 1. The molecule has 0 aliphatic carbocycles. The first kappa shape index (κ1) is 21.2. The van der Waals surface area contributed by atoms with E-state index in [1.807, 2.05) is 12.3 Å². The van der Waals surface area contributed by atoms with Crippen molar-refractivity contribution in [2.24, 2.45) is 0 Å². The second-order valence-electron chi connectivity index (χ2n) is 7.01. The minimum absolute atomic E-state index is 0.229. The zero-order chi connectivity index (χ0) is 22.0. The Morgan fingerprint density at radius 1 is 0.968 bits per heavy atom. The van der Waals surface area contributed by atoms with Crippen LogP contribution in [0.3, 0.4) is 0 Å². The van der Waals surface area contributed by atoms with E-state index in [1.165, 1.54) is 40.0 Å². The Labute approximate surface area is 179 Å². The summed E-state index contributed by atoms with van der Waals surface area (Å²) in [5.74, 6) is 0.588. The number of nitrogens with one attached hydrogen (secondary N) is 1. The predicted octanol–water partition coefficient (Wildman–Crippen LogP) is -0.359. The summed E-state index contributed by atoms with van der Waals surface area (Å²) in [5.41, 5.74) is 5.90. The van der Waals surface area contributed by atoms with Crippen LogP contribution in [0.1, 0.15) is 11.1 Å². The standard InChI is InChI=1S/C22H17FN2O.ClHO4/c23-16-7-5-15(6-8-16)14-26-17-9-10-21-22-19(11-12-25(21)13-17)18-3-1-2-4-20(18)24-22;2-1(3,4)5/h1-10,13H,11-12,14H2;(H,2,3,4,5). The summed E-state index contributed by atoms with van der Waals surface area (Å²) in [6.45, 7) is 1.36. The molecule has 0 fully saturated rings. The van der Waals surface area contributed by atoms with Gasteiger partial charge in [-0.15, -0.1) is 10.2 Å². The molecule has 0 radical (unpaired) electrons. The maximum absolute atomic E-state index is 13.0. The molecule has 0 saturated carbocycles. The molecular formula is C22H18ClFN2O5. The monoisotopic (exact) mass is 444 g/mol. The number of para-hydroxylation sites is 1. The van der Waals surface area contributed by atoms with Crippen LogP contribution in [0.2, 0.25) is 0 Å². The van der Waals surface area contributed by atoms with Gasteiger partial charge in [-0.1, -0.05) is 30.3 Å². The third kappa shape index (κ3) is 5.19. The molecule has 7 nitrogen and oxygen atoms in total. The van der Waals surface area contributed by atoms with Gasteiger partial charge in [-0.2, -0.15) is 4.57 Å². The largest absolute Gasteiger partial charge is 0.483 e. The summed E-state index contributed by atoms with van der Waals surface area (Å²) < 4.78 is 55.1. The van der Waals surface area contributed by atoms with Crippen molar-refractivity contribution in [2.75, 3.05) is 0 Å². The lowest BCUT2D eigenvalue weighted by Gasteiger charge is -2.17. The molecule has 160 valence electrons. The highest BCUT2D eigenvalue weighted by Crippen LogP contribution is 2.32. The number of rotatable bonds is 3. The second-order valence-corrected chi connectivity index (χ2v) is 7.77. The summed E-state index contributed by atoms with van der Waals surface area (Å²) in [5, 5.41) is 1.31. The second kappa shape index (κ2) is 8.62. The summed E-state index contributed by atoms with van der Waals surface area (Å²) in [6, 6.07) is 19.0. The molecule has 2 aromatic carbocycles. The number of ether oxygens (including phenoxy) is 1. The Bertz CT molecular complexity index is 1200. The predicted molar refractivity (Wildman–Crippen MR) is 98.4 cm³/mol. The van der Waals surface area contributed by atoms with E-state index in [9.17, 15) is 4.39 Å². The number of fused-ring (bicyclic) bond motifs is 5. The van der Waals surface area contributed by atoms with Gasteiger partial charge in [-0.25, -0.2) is 23.0 Å². The molecule has 3 heterocycles. The molecule has 0 spiro atoms. The van der Waals surface area contributed by atoms with Crippen LogP contribution in [0.5, 0.6) is 5.75 Å². The number of benzene rings is 2. The first-order valence-electron chi connectivity index (χ1n) is 9.40. The lowest BCUT2D eigenvalue weighted by molar-refractivity contribution is -2.00. The zero-order valence-corrected chi connectivity index (χ0v) is 17.0.